The summed E-state index contributed by atoms with van der Waals surface area (Å²) in [5.41, 5.74) is 0.772. The van der Waals surface area contributed by atoms with E-state index in [1.807, 2.05) is 6.07 Å². The van der Waals surface area contributed by atoms with E-state index in [0.29, 0.717) is 0 Å². The summed E-state index contributed by atoms with van der Waals surface area (Å²) in [7, 11) is -4.37. The second-order valence-electron chi connectivity index (χ2n) is 3.71. The van der Waals surface area contributed by atoms with E-state index in [9.17, 15) is 15.1 Å². The predicted octanol–water partition coefficient (Wildman–Crippen LogP) is -8.25. The van der Waals surface area contributed by atoms with Gasteiger partial charge in [0.25, 0.3) is 7.94 Å². The summed E-state index contributed by atoms with van der Waals surface area (Å²) < 4.78 is 4.77. The van der Waals surface area contributed by atoms with Gasteiger partial charge < -0.3 is 19.8 Å². The third-order valence-electron chi connectivity index (χ3n) is 1.98. The van der Waals surface area contributed by atoms with Gasteiger partial charge in [-0.3, -0.25) is 9.98 Å². The quantitative estimate of drug-likeness (QED) is 0.227. The van der Waals surface area contributed by atoms with E-state index >= 15 is 0 Å². The maximum absolute atomic E-state index is 11.2. The van der Waals surface area contributed by atoms with Crippen LogP contribution in [0.25, 0.3) is 0 Å². The summed E-state index contributed by atoms with van der Waals surface area (Å²) in [5.74, 6) is -0.898. The van der Waals surface area contributed by atoms with Crippen molar-refractivity contribution in [1.29, 1.82) is 0 Å². The molecule has 8 nitrogen and oxygen atoms in total. The first-order valence-electron chi connectivity index (χ1n) is 5.50. The Kier molecular flexibility index (Phi) is 14.1. The van der Waals surface area contributed by atoms with E-state index < -0.39 is 32.8 Å². The number of nitrogens with zero attached hydrogens (tertiary/aromatic N) is 2. The predicted molar refractivity (Wildman–Crippen MR) is 67.2 cm³/mol. The largest absolute Gasteiger partial charge is 1.00 e. The summed E-state index contributed by atoms with van der Waals surface area (Å²) in [4.78, 5) is 33.8. The summed E-state index contributed by atoms with van der Waals surface area (Å²) in [6.45, 7) is -0.579. The molecule has 0 atom stereocenters. The molecule has 11 heteroatoms. The first-order valence-corrected chi connectivity index (χ1v) is 7.29. The molecule has 0 saturated heterocycles. The second-order valence-corrected chi connectivity index (χ2v) is 5.33. The maximum atomic E-state index is 11.2. The van der Waals surface area contributed by atoms with Crippen molar-refractivity contribution in [1.82, 2.24) is 0 Å². The fourth-order valence-electron chi connectivity index (χ4n) is 1.12. The van der Waals surface area contributed by atoms with Crippen LogP contribution in [0.4, 0.5) is 0 Å². The van der Waals surface area contributed by atoms with Crippen molar-refractivity contribution >= 4 is 19.9 Å². The smallest absolute Gasteiger partial charge is 0.861 e. The SMILES string of the molecule is [Na+].[Na+].[O-]C(CN=C([O-])OCc1ccccc1)=NC[P+]([O-])(O)O. The monoisotopic (exact) mass is 346 g/mol. The molecule has 0 aliphatic heterocycles. The average molecular weight is 346 g/mol. The van der Waals surface area contributed by atoms with Crippen LogP contribution >= 0.6 is 7.94 Å². The fraction of sp³-hybridized carbons (Fsp3) is 0.273. The number of benzene rings is 1. The Morgan fingerprint density at radius 1 is 1.09 bits per heavy atom. The van der Waals surface area contributed by atoms with Crippen LogP contribution in [0.3, 0.4) is 0 Å². The Morgan fingerprint density at radius 2 is 1.68 bits per heavy atom. The van der Waals surface area contributed by atoms with E-state index in [-0.39, 0.29) is 65.7 Å². The van der Waals surface area contributed by atoms with Gasteiger partial charge in [-0.15, -0.1) is 0 Å². The van der Waals surface area contributed by atoms with Gasteiger partial charge in [0.05, 0.1) is 6.54 Å². The van der Waals surface area contributed by atoms with Crippen LogP contribution in [0.1, 0.15) is 5.56 Å². The molecule has 110 valence electrons. The van der Waals surface area contributed by atoms with Gasteiger partial charge in [0, 0.05) is 6.61 Å². The number of aliphatic imine (C=N–C) groups is 2. The molecule has 0 amide bonds. The van der Waals surface area contributed by atoms with Crippen molar-refractivity contribution in [3.8, 4) is 0 Å². The van der Waals surface area contributed by atoms with E-state index in [1.54, 1.807) is 24.3 Å². The number of ether oxygens (including phenoxy) is 1. The molecule has 0 unspecified atom stereocenters. The Morgan fingerprint density at radius 3 is 2.23 bits per heavy atom. The van der Waals surface area contributed by atoms with Gasteiger partial charge in [0.2, 0.25) is 0 Å². The van der Waals surface area contributed by atoms with Gasteiger partial charge in [0.15, 0.2) is 6.29 Å². The minimum atomic E-state index is -4.37. The van der Waals surface area contributed by atoms with Crippen molar-refractivity contribution in [3.05, 3.63) is 35.9 Å². The van der Waals surface area contributed by atoms with Crippen molar-refractivity contribution in [2.24, 2.45) is 9.98 Å². The average Bonchev–Trinajstić information content (AvgIpc) is 2.41. The van der Waals surface area contributed by atoms with Crippen LogP contribution in [0.5, 0.6) is 0 Å². The minimum Gasteiger partial charge on any atom is -0.861 e. The molecule has 1 rings (SSSR count). The molecule has 2 N–H and O–H groups in total. The Labute approximate surface area is 172 Å². The molecule has 0 fully saturated rings. The van der Waals surface area contributed by atoms with Crippen LogP contribution in [-0.2, 0) is 11.3 Å². The third kappa shape index (κ3) is 12.8. The molecular formula is C11H13N2Na2O6P. The van der Waals surface area contributed by atoms with Crippen molar-refractivity contribution in [2.75, 3.05) is 12.8 Å². The van der Waals surface area contributed by atoms with Gasteiger partial charge in [-0.1, -0.05) is 30.3 Å². The van der Waals surface area contributed by atoms with Gasteiger partial charge in [0.1, 0.15) is 6.08 Å². The second kappa shape index (κ2) is 12.7. The molecule has 22 heavy (non-hydrogen) atoms. The zero-order chi connectivity index (χ0) is 15.0. The van der Waals surface area contributed by atoms with Gasteiger partial charge >= 0.3 is 59.1 Å². The van der Waals surface area contributed by atoms with Crippen LogP contribution in [0.2, 0.25) is 0 Å². The molecule has 1 aromatic rings. The van der Waals surface area contributed by atoms with Gasteiger partial charge in [-0.05, 0) is 11.5 Å². The molecule has 1 aromatic carbocycles. The van der Waals surface area contributed by atoms with Gasteiger partial charge in [-0.2, -0.15) is 0 Å². The summed E-state index contributed by atoms with van der Waals surface area (Å²) >= 11 is 0. The summed E-state index contributed by atoms with van der Waals surface area (Å²) in [6.07, 6.45) is -1.85. The first-order chi connectivity index (χ1) is 9.37. The van der Waals surface area contributed by atoms with Crippen LogP contribution in [0, 0.1) is 0 Å². The first kappa shape index (κ1) is 24.5. The number of rotatable bonds is 6. The zero-order valence-corrected chi connectivity index (χ0v) is 17.3. The van der Waals surface area contributed by atoms with Gasteiger partial charge in [-0.25, -0.2) is 9.79 Å². The van der Waals surface area contributed by atoms with E-state index in [1.165, 1.54) is 0 Å². The molecule has 0 saturated carbocycles. The van der Waals surface area contributed by atoms with E-state index in [0.717, 1.165) is 5.56 Å². The minimum absolute atomic E-state index is 0. The summed E-state index contributed by atoms with van der Waals surface area (Å²) in [6, 6.07) is 8.90. The number of hydrogen-bond acceptors (Lipinski definition) is 8. The Balaban J connectivity index is 0. The van der Waals surface area contributed by atoms with Crippen molar-refractivity contribution in [2.45, 2.75) is 6.61 Å². The molecule has 0 spiro atoms. The normalized spacial score (nSPS) is 12.1. The van der Waals surface area contributed by atoms with E-state index in [2.05, 4.69) is 9.98 Å². The van der Waals surface area contributed by atoms with E-state index in [4.69, 9.17) is 14.5 Å². The third-order valence-corrected chi connectivity index (χ3v) is 2.49. The molecular weight excluding hydrogens is 333 g/mol. The molecule has 0 radical (unpaired) electrons. The van der Waals surface area contributed by atoms with Crippen LogP contribution in [0.15, 0.2) is 40.3 Å². The Bertz CT molecular complexity index is 481. The standard InChI is InChI=1S/C11H15N2O6P.2Na/c14-10(13-8-20(16,17)18)6-12-11(15)19-7-9-4-2-1-3-5-9;;/h1-5H,6-8H2,(H,12,15)(H,13,14)(H2,16,17,18);;/q;2*+1/p-2. The van der Waals surface area contributed by atoms with Crippen molar-refractivity contribution in [3.63, 3.8) is 0 Å². The van der Waals surface area contributed by atoms with Crippen molar-refractivity contribution < 1.29 is 88.7 Å². The topological polar surface area (TPSA) is 144 Å². The molecule has 0 bridgehead atoms. The molecule has 0 heterocycles. The summed E-state index contributed by atoms with van der Waals surface area (Å²) in [5, 5.41) is 22.2. The molecule has 0 aromatic heterocycles. The maximum Gasteiger partial charge on any atom is 1.00 e. The van der Waals surface area contributed by atoms with Crippen LogP contribution in [-0.4, -0.2) is 34.6 Å². The number of hydrogen-bond donors (Lipinski definition) is 2. The molecule has 0 aliphatic rings. The fourth-order valence-corrected chi connectivity index (χ4v) is 1.46. The molecule has 0 aliphatic carbocycles. The van der Waals surface area contributed by atoms with Crippen LogP contribution < -0.4 is 74.2 Å². The zero-order valence-electron chi connectivity index (χ0n) is 12.4. The Hall–Kier alpha value is 0.270.